The third kappa shape index (κ3) is 4.20. The topological polar surface area (TPSA) is 92.9 Å². The number of anilines is 1. The number of carboxylic acid groups (broad SMARTS) is 1. The van der Waals surface area contributed by atoms with Crippen LogP contribution in [0.5, 0.6) is 0 Å². The number of carboxylic acids is 1. The summed E-state index contributed by atoms with van der Waals surface area (Å²) in [6.07, 6.45) is 6.85. The van der Waals surface area contributed by atoms with Gasteiger partial charge in [-0.1, -0.05) is 35.9 Å². The monoisotopic (exact) mass is 445 g/mol. The Hall–Kier alpha value is -3.71. The van der Waals surface area contributed by atoms with E-state index in [1.807, 2.05) is 16.7 Å². The van der Waals surface area contributed by atoms with Crippen LogP contribution in [0.15, 0.2) is 67.1 Å². The van der Waals surface area contributed by atoms with Crippen molar-refractivity contribution < 1.29 is 9.90 Å². The van der Waals surface area contributed by atoms with Crippen LogP contribution in [0.2, 0.25) is 5.02 Å². The molecule has 160 valence electrons. The van der Waals surface area contributed by atoms with Crippen molar-refractivity contribution in [3.63, 3.8) is 0 Å². The summed E-state index contributed by atoms with van der Waals surface area (Å²) in [6, 6.07) is 16.0. The summed E-state index contributed by atoms with van der Waals surface area (Å²) in [5, 5.41) is 13.2. The lowest BCUT2D eigenvalue weighted by atomic mass is 10.1. The van der Waals surface area contributed by atoms with Gasteiger partial charge in [-0.05, 0) is 48.2 Å². The van der Waals surface area contributed by atoms with E-state index in [9.17, 15) is 9.90 Å². The summed E-state index contributed by atoms with van der Waals surface area (Å²) < 4.78 is 1.83. The number of benzene rings is 2. The summed E-state index contributed by atoms with van der Waals surface area (Å²) in [6.45, 7) is 0. The molecule has 2 aromatic heterocycles. The zero-order chi connectivity index (χ0) is 22.1. The second-order valence-electron chi connectivity index (χ2n) is 7.79. The molecular weight excluding hydrogens is 426 g/mol. The molecule has 0 saturated carbocycles. The van der Waals surface area contributed by atoms with Gasteiger partial charge in [-0.2, -0.15) is 0 Å². The second kappa shape index (κ2) is 8.43. The Morgan fingerprint density at radius 1 is 1.06 bits per heavy atom. The molecule has 32 heavy (non-hydrogen) atoms. The molecule has 0 amide bonds. The van der Waals surface area contributed by atoms with E-state index in [1.165, 1.54) is 11.1 Å². The van der Waals surface area contributed by atoms with Crippen LogP contribution in [0, 0.1) is 0 Å². The normalized spacial score (nSPS) is 13.2. The summed E-state index contributed by atoms with van der Waals surface area (Å²) >= 11 is 6.02. The second-order valence-corrected chi connectivity index (χ2v) is 8.22. The van der Waals surface area contributed by atoms with Crippen LogP contribution in [0.1, 0.15) is 16.8 Å². The number of halogens is 1. The minimum atomic E-state index is -0.939. The molecule has 0 aliphatic heterocycles. The van der Waals surface area contributed by atoms with Crippen molar-refractivity contribution in [2.45, 2.75) is 25.3 Å². The molecule has 0 atom stereocenters. The van der Waals surface area contributed by atoms with Gasteiger partial charge in [0.05, 0.1) is 17.7 Å². The standard InChI is InChI=1S/C24H20ClN5O2/c25-18-5-7-21(8-6-18)30-14-20(11-22(31)32)28-23(30)17-12-26-24(27-13-17)29-19-9-15-3-1-2-4-16(15)10-19/h1-8,12-14,19H,9-11H2,(H,31,32)(H,26,27,29). The van der Waals surface area contributed by atoms with Crippen molar-refractivity contribution in [2.24, 2.45) is 0 Å². The maximum absolute atomic E-state index is 11.2. The smallest absolute Gasteiger partial charge is 0.309 e. The molecule has 1 aliphatic carbocycles. The zero-order valence-electron chi connectivity index (χ0n) is 17.1. The Labute approximate surface area is 189 Å². The van der Waals surface area contributed by atoms with Crippen molar-refractivity contribution in [1.82, 2.24) is 19.5 Å². The Kier molecular flexibility index (Phi) is 5.33. The number of aromatic nitrogens is 4. The predicted octanol–water partition coefficient (Wildman–Crippen LogP) is 4.19. The Balaban J connectivity index is 1.40. The molecule has 0 radical (unpaired) electrons. The number of nitrogens with one attached hydrogen (secondary N) is 1. The van der Waals surface area contributed by atoms with E-state index < -0.39 is 5.97 Å². The number of aliphatic carboxylic acids is 1. The maximum Gasteiger partial charge on any atom is 0.309 e. The molecule has 1 aliphatic rings. The number of hydrogen-bond acceptors (Lipinski definition) is 5. The summed E-state index contributed by atoms with van der Waals surface area (Å²) in [4.78, 5) is 24.7. The van der Waals surface area contributed by atoms with Crippen LogP contribution in [0.3, 0.4) is 0 Å². The van der Waals surface area contributed by atoms with E-state index in [1.54, 1.807) is 30.7 Å². The summed E-state index contributed by atoms with van der Waals surface area (Å²) in [5.41, 5.74) is 4.68. The van der Waals surface area contributed by atoms with Gasteiger partial charge in [0.15, 0.2) is 0 Å². The van der Waals surface area contributed by atoms with Gasteiger partial charge in [0, 0.05) is 35.3 Å². The van der Waals surface area contributed by atoms with Gasteiger partial charge in [0.2, 0.25) is 5.95 Å². The molecule has 2 heterocycles. The molecule has 0 saturated heterocycles. The number of fused-ring (bicyclic) bond motifs is 1. The Morgan fingerprint density at radius 3 is 2.34 bits per heavy atom. The number of imidazole rings is 1. The van der Waals surface area contributed by atoms with Gasteiger partial charge in [0.1, 0.15) is 5.82 Å². The number of rotatable bonds is 6. The first kappa shape index (κ1) is 20.2. The van der Waals surface area contributed by atoms with Crippen LogP contribution < -0.4 is 5.32 Å². The lowest BCUT2D eigenvalue weighted by molar-refractivity contribution is -0.136. The minimum absolute atomic E-state index is 0.170. The lowest BCUT2D eigenvalue weighted by Crippen LogP contribution is -2.21. The zero-order valence-corrected chi connectivity index (χ0v) is 17.8. The highest BCUT2D eigenvalue weighted by atomic mass is 35.5. The summed E-state index contributed by atoms with van der Waals surface area (Å²) in [5.74, 6) is 0.191. The van der Waals surface area contributed by atoms with Crippen molar-refractivity contribution in [1.29, 1.82) is 0 Å². The molecule has 2 aromatic carbocycles. The average Bonchev–Trinajstić information content (AvgIpc) is 3.38. The third-order valence-corrected chi connectivity index (χ3v) is 5.74. The van der Waals surface area contributed by atoms with Gasteiger partial charge in [-0.3, -0.25) is 9.36 Å². The third-order valence-electron chi connectivity index (χ3n) is 5.49. The van der Waals surface area contributed by atoms with Gasteiger partial charge < -0.3 is 10.4 Å². The molecule has 0 spiro atoms. The predicted molar refractivity (Wildman–Crippen MR) is 122 cm³/mol. The van der Waals surface area contributed by atoms with Gasteiger partial charge in [0.25, 0.3) is 0 Å². The molecule has 0 unspecified atom stereocenters. The van der Waals surface area contributed by atoms with Crippen molar-refractivity contribution in [3.8, 4) is 17.1 Å². The van der Waals surface area contributed by atoms with Gasteiger partial charge in [-0.15, -0.1) is 0 Å². The van der Waals surface area contributed by atoms with Crippen LogP contribution in [0.4, 0.5) is 5.95 Å². The van der Waals surface area contributed by atoms with E-state index in [4.69, 9.17) is 11.6 Å². The minimum Gasteiger partial charge on any atom is -0.481 e. The van der Waals surface area contributed by atoms with Crippen molar-refractivity contribution in [2.75, 3.05) is 5.32 Å². The largest absolute Gasteiger partial charge is 0.481 e. The Bertz CT molecular complexity index is 1240. The van der Waals surface area contributed by atoms with Crippen LogP contribution in [-0.4, -0.2) is 36.6 Å². The molecule has 0 fully saturated rings. The first-order valence-electron chi connectivity index (χ1n) is 10.3. The van der Waals surface area contributed by atoms with Crippen LogP contribution >= 0.6 is 11.6 Å². The van der Waals surface area contributed by atoms with E-state index >= 15 is 0 Å². The molecular formula is C24H20ClN5O2. The summed E-state index contributed by atoms with van der Waals surface area (Å²) in [7, 11) is 0. The SMILES string of the molecule is O=C(O)Cc1cn(-c2ccc(Cl)cc2)c(-c2cnc(NC3Cc4ccccc4C3)nc2)n1. The molecule has 7 nitrogen and oxygen atoms in total. The van der Waals surface area contributed by atoms with E-state index in [2.05, 4.69) is 44.5 Å². The number of nitrogens with zero attached hydrogens (tertiary/aromatic N) is 4. The van der Waals surface area contributed by atoms with E-state index in [0.29, 0.717) is 28.1 Å². The van der Waals surface area contributed by atoms with Crippen LogP contribution in [0.25, 0.3) is 17.1 Å². The van der Waals surface area contributed by atoms with Gasteiger partial charge in [-0.25, -0.2) is 15.0 Å². The number of carbonyl (C=O) groups is 1. The molecule has 0 bridgehead atoms. The molecule has 4 aromatic rings. The maximum atomic E-state index is 11.2. The fourth-order valence-electron chi connectivity index (χ4n) is 4.03. The highest BCUT2D eigenvalue weighted by molar-refractivity contribution is 6.30. The molecule has 8 heteroatoms. The average molecular weight is 446 g/mol. The van der Waals surface area contributed by atoms with Crippen molar-refractivity contribution >= 4 is 23.5 Å². The van der Waals surface area contributed by atoms with Crippen molar-refractivity contribution in [3.05, 3.63) is 89.0 Å². The van der Waals surface area contributed by atoms with E-state index in [-0.39, 0.29) is 12.5 Å². The van der Waals surface area contributed by atoms with E-state index in [0.717, 1.165) is 18.5 Å². The van der Waals surface area contributed by atoms with Crippen LogP contribution in [-0.2, 0) is 24.1 Å². The number of hydrogen-bond donors (Lipinski definition) is 2. The first-order chi connectivity index (χ1) is 15.5. The molecule has 2 N–H and O–H groups in total. The fourth-order valence-corrected chi connectivity index (χ4v) is 4.16. The first-order valence-corrected chi connectivity index (χ1v) is 10.6. The Morgan fingerprint density at radius 2 is 1.72 bits per heavy atom. The van der Waals surface area contributed by atoms with Gasteiger partial charge >= 0.3 is 5.97 Å². The quantitative estimate of drug-likeness (QED) is 0.462. The lowest BCUT2D eigenvalue weighted by Gasteiger charge is -2.12. The highest BCUT2D eigenvalue weighted by Crippen LogP contribution is 2.26. The fraction of sp³-hybridized carbons (Fsp3) is 0.167. The highest BCUT2D eigenvalue weighted by Gasteiger charge is 2.21. The molecule has 5 rings (SSSR count).